The highest BCUT2D eigenvalue weighted by Crippen LogP contribution is 2.77. The predicted molar refractivity (Wildman–Crippen MR) is 175 cm³/mol. The average Bonchev–Trinajstić information content (AvgIpc) is 3.01. The minimum absolute atomic E-state index is 0.0778. The summed E-state index contributed by atoms with van der Waals surface area (Å²) < 4.78 is 0. The van der Waals surface area contributed by atoms with Gasteiger partial charge in [-0.1, -0.05) is 51.4 Å². The number of hydrogen-bond donors (Lipinski definition) is 0. The second-order valence-electron chi connectivity index (χ2n) is 14.2. The highest BCUT2D eigenvalue weighted by molar-refractivity contribution is 7.77. The van der Waals surface area contributed by atoms with Crippen molar-refractivity contribution in [1.29, 1.82) is 0 Å². The molecule has 0 aliphatic heterocycles. The molecule has 3 heteroatoms. The van der Waals surface area contributed by atoms with E-state index >= 15 is 0 Å². The van der Waals surface area contributed by atoms with Gasteiger partial charge < -0.3 is 0 Å². The van der Waals surface area contributed by atoms with Gasteiger partial charge in [0.2, 0.25) is 0 Å². The van der Waals surface area contributed by atoms with E-state index in [-0.39, 0.29) is 11.6 Å². The number of ketones is 2. The molecule has 0 aromatic rings. The topological polar surface area (TPSA) is 34.1 Å². The first-order chi connectivity index (χ1) is 19.5. The van der Waals surface area contributed by atoms with E-state index in [4.69, 9.17) is 0 Å². The first kappa shape index (κ1) is 32.2. The fourth-order valence-electron chi connectivity index (χ4n) is 9.33. The van der Waals surface area contributed by atoms with Gasteiger partial charge in [-0.3, -0.25) is 9.59 Å². The summed E-state index contributed by atoms with van der Waals surface area (Å²) in [4.78, 5) is 25.1. The molecule has 2 nitrogen and oxygen atoms in total. The van der Waals surface area contributed by atoms with Crippen LogP contribution in [0.15, 0.2) is 22.3 Å². The summed E-state index contributed by atoms with van der Waals surface area (Å²) in [5.74, 6) is 0.192. The SMILES string of the molecule is CC1=C(C)C(=O)C(CCCCCCCCCC[P+](C2CCCCC2)(C2CCCCC2)C2CCCCC2)=C(C)C1=O. The zero-order valence-electron chi connectivity index (χ0n) is 26.7. The van der Waals surface area contributed by atoms with Crippen molar-refractivity contribution in [3.8, 4) is 0 Å². The van der Waals surface area contributed by atoms with Gasteiger partial charge in [0, 0.05) is 29.6 Å². The summed E-state index contributed by atoms with van der Waals surface area (Å²) in [5, 5.41) is 0. The van der Waals surface area contributed by atoms with E-state index < -0.39 is 7.26 Å². The molecule has 226 valence electrons. The van der Waals surface area contributed by atoms with Crippen LogP contribution in [0, 0.1) is 0 Å². The zero-order valence-corrected chi connectivity index (χ0v) is 27.6. The normalized spacial score (nSPS) is 23.0. The lowest BCUT2D eigenvalue weighted by atomic mass is 9.84. The Kier molecular flexibility index (Phi) is 13.0. The standard InChI is InChI=1S/C37H62O2P/c1-29-30(2)37(39)35(31(3)36(29)38)27-19-8-6-4-5-7-9-20-28-40(32-21-13-10-14-22-32,33-23-15-11-16-24-33)34-25-17-12-18-26-34/h32-34H,4-28H2,1-3H3/q+1. The molecule has 3 fully saturated rings. The van der Waals surface area contributed by atoms with Crippen LogP contribution in [0.25, 0.3) is 0 Å². The third-order valence-corrected chi connectivity index (χ3v) is 18.5. The van der Waals surface area contributed by atoms with Crippen LogP contribution in [0.3, 0.4) is 0 Å². The lowest BCUT2D eigenvalue weighted by Gasteiger charge is -2.49. The van der Waals surface area contributed by atoms with Gasteiger partial charge >= 0.3 is 0 Å². The molecule has 0 radical (unpaired) electrons. The lowest BCUT2D eigenvalue weighted by Crippen LogP contribution is -2.37. The van der Waals surface area contributed by atoms with E-state index in [0.717, 1.165) is 35.4 Å². The summed E-state index contributed by atoms with van der Waals surface area (Å²) in [5.41, 5.74) is 6.20. The fourth-order valence-corrected chi connectivity index (χ4v) is 17.0. The van der Waals surface area contributed by atoms with Gasteiger partial charge in [0.1, 0.15) is 0 Å². The number of Topliss-reactive ketones (excluding diaryl/α,β-unsaturated/α-hetero) is 2. The van der Waals surface area contributed by atoms with E-state index in [1.165, 1.54) is 103 Å². The number of carbonyl (C=O) groups excluding carboxylic acids is 2. The minimum Gasteiger partial charge on any atom is -0.289 e. The van der Waals surface area contributed by atoms with Crippen LogP contribution in [0.1, 0.15) is 175 Å². The quantitative estimate of drug-likeness (QED) is 0.118. The van der Waals surface area contributed by atoms with Gasteiger partial charge in [0.25, 0.3) is 0 Å². The van der Waals surface area contributed by atoms with E-state index in [2.05, 4.69) is 0 Å². The summed E-state index contributed by atoms with van der Waals surface area (Å²) in [6.45, 7) is 5.45. The number of unbranched alkanes of at least 4 members (excludes halogenated alkanes) is 7. The minimum atomic E-state index is -0.889. The molecule has 0 heterocycles. The largest absolute Gasteiger partial charge is 0.289 e. The third-order valence-electron chi connectivity index (χ3n) is 11.8. The Morgan fingerprint density at radius 2 is 0.850 bits per heavy atom. The number of hydrogen-bond acceptors (Lipinski definition) is 2. The third kappa shape index (κ3) is 7.79. The maximum absolute atomic E-state index is 12.7. The second-order valence-corrected chi connectivity index (χ2v) is 18.8. The van der Waals surface area contributed by atoms with Crippen LogP contribution in [0.4, 0.5) is 0 Å². The molecule has 0 aromatic heterocycles. The van der Waals surface area contributed by atoms with Crippen LogP contribution in [0.5, 0.6) is 0 Å². The molecule has 4 aliphatic carbocycles. The molecule has 0 saturated heterocycles. The van der Waals surface area contributed by atoms with E-state index in [1.54, 1.807) is 51.6 Å². The van der Waals surface area contributed by atoms with Crippen LogP contribution in [-0.2, 0) is 9.59 Å². The highest BCUT2D eigenvalue weighted by Gasteiger charge is 2.56. The van der Waals surface area contributed by atoms with Gasteiger partial charge in [-0.25, -0.2) is 0 Å². The average molecular weight is 570 g/mol. The van der Waals surface area contributed by atoms with Crippen molar-refractivity contribution in [3.63, 3.8) is 0 Å². The van der Waals surface area contributed by atoms with Gasteiger partial charge in [0.05, 0.1) is 23.1 Å². The highest BCUT2D eigenvalue weighted by atomic mass is 31.2. The van der Waals surface area contributed by atoms with Crippen molar-refractivity contribution in [1.82, 2.24) is 0 Å². The molecule has 0 unspecified atom stereocenters. The smallest absolute Gasteiger partial charge is 0.185 e. The summed E-state index contributed by atoms with van der Waals surface area (Å²) in [6.07, 6.45) is 36.3. The van der Waals surface area contributed by atoms with E-state index in [1.807, 2.05) is 13.8 Å². The molecule has 3 saturated carbocycles. The van der Waals surface area contributed by atoms with Crippen molar-refractivity contribution >= 4 is 18.8 Å². The summed E-state index contributed by atoms with van der Waals surface area (Å²) in [6, 6.07) is 0. The number of rotatable bonds is 14. The Morgan fingerprint density at radius 1 is 0.475 bits per heavy atom. The van der Waals surface area contributed by atoms with Crippen molar-refractivity contribution in [3.05, 3.63) is 22.3 Å². The van der Waals surface area contributed by atoms with Gasteiger partial charge in [-0.05, 0) is 124 Å². The molecule has 0 N–H and O–H groups in total. The summed E-state index contributed by atoms with van der Waals surface area (Å²) >= 11 is 0. The van der Waals surface area contributed by atoms with E-state index in [0.29, 0.717) is 16.7 Å². The molecule has 4 aliphatic rings. The molecule has 0 spiro atoms. The second kappa shape index (κ2) is 16.2. The van der Waals surface area contributed by atoms with Crippen molar-refractivity contribution in [2.45, 2.75) is 192 Å². The van der Waals surface area contributed by atoms with Crippen molar-refractivity contribution in [2.75, 3.05) is 6.16 Å². The zero-order chi connectivity index (χ0) is 28.4. The lowest BCUT2D eigenvalue weighted by molar-refractivity contribution is -0.116. The Balaban J connectivity index is 1.21. The van der Waals surface area contributed by atoms with Crippen LogP contribution < -0.4 is 0 Å². The molecule has 0 amide bonds. The Bertz CT molecular complexity index is 848. The first-order valence-electron chi connectivity index (χ1n) is 17.8. The van der Waals surface area contributed by atoms with Gasteiger partial charge in [-0.2, -0.15) is 0 Å². The predicted octanol–water partition coefficient (Wildman–Crippen LogP) is 11.3. The molecule has 40 heavy (non-hydrogen) atoms. The Morgan fingerprint density at radius 3 is 1.30 bits per heavy atom. The maximum Gasteiger partial charge on any atom is 0.185 e. The Labute approximate surface area is 248 Å². The molecule has 4 rings (SSSR count). The van der Waals surface area contributed by atoms with Crippen LogP contribution >= 0.6 is 7.26 Å². The molecule has 0 atom stereocenters. The van der Waals surface area contributed by atoms with Gasteiger partial charge in [0.15, 0.2) is 11.6 Å². The van der Waals surface area contributed by atoms with Gasteiger partial charge in [-0.15, -0.1) is 0 Å². The van der Waals surface area contributed by atoms with E-state index in [9.17, 15) is 9.59 Å². The molecule has 0 bridgehead atoms. The number of allylic oxidation sites excluding steroid dienone is 4. The maximum atomic E-state index is 12.7. The molecular weight excluding hydrogens is 507 g/mol. The fraction of sp³-hybridized carbons (Fsp3) is 0.838. The van der Waals surface area contributed by atoms with Crippen LogP contribution in [0.2, 0.25) is 0 Å². The van der Waals surface area contributed by atoms with Crippen molar-refractivity contribution < 1.29 is 9.59 Å². The number of carbonyl (C=O) groups is 2. The monoisotopic (exact) mass is 569 g/mol. The van der Waals surface area contributed by atoms with Crippen LogP contribution in [-0.4, -0.2) is 34.7 Å². The first-order valence-corrected chi connectivity index (χ1v) is 20.0. The Hall–Kier alpha value is -0.750. The summed E-state index contributed by atoms with van der Waals surface area (Å²) in [7, 11) is -0.889. The molecular formula is C37H62O2P+. The molecule has 0 aromatic carbocycles. The van der Waals surface area contributed by atoms with Crippen molar-refractivity contribution in [2.24, 2.45) is 0 Å².